The van der Waals surface area contributed by atoms with Gasteiger partial charge >= 0.3 is 6.03 Å². The van der Waals surface area contributed by atoms with Crippen molar-refractivity contribution in [3.63, 3.8) is 0 Å². The normalized spacial score (nSPS) is 11.4. The predicted octanol–water partition coefficient (Wildman–Crippen LogP) is 5.42. The summed E-state index contributed by atoms with van der Waals surface area (Å²) in [6, 6.07) is 11.4. The van der Waals surface area contributed by atoms with Crippen molar-refractivity contribution < 1.29 is 13.6 Å². The summed E-state index contributed by atoms with van der Waals surface area (Å²) in [7, 11) is 0. The summed E-state index contributed by atoms with van der Waals surface area (Å²) in [4.78, 5) is 12.2. The second kappa shape index (κ2) is 8.21. The number of nitrogens with one attached hydrogen (secondary N) is 2. The minimum atomic E-state index is -0.769. The summed E-state index contributed by atoms with van der Waals surface area (Å²) in [5, 5.41) is 10.3. The number of amides is 2. The van der Waals surface area contributed by atoms with Crippen LogP contribution in [0.2, 0.25) is 5.02 Å². The molecule has 8 heteroatoms. The first-order valence-electron chi connectivity index (χ1n) is 8.98. The average Bonchev–Trinajstić information content (AvgIpc) is 3.03. The van der Waals surface area contributed by atoms with Crippen molar-refractivity contribution in [2.24, 2.45) is 0 Å². The van der Waals surface area contributed by atoms with E-state index in [0.717, 1.165) is 35.3 Å². The smallest absolute Gasteiger partial charge is 0.319 e. The molecule has 1 aromatic heterocycles. The van der Waals surface area contributed by atoms with E-state index < -0.39 is 17.7 Å². The number of rotatable bonds is 4. The zero-order valence-electron chi connectivity index (χ0n) is 16.3. The van der Waals surface area contributed by atoms with Crippen molar-refractivity contribution in [2.45, 2.75) is 32.7 Å². The number of anilines is 1. The lowest BCUT2D eigenvalue weighted by atomic mass is 9.92. The molecule has 0 aliphatic rings. The Hall–Kier alpha value is -2.93. The van der Waals surface area contributed by atoms with Crippen molar-refractivity contribution in [1.29, 1.82) is 0 Å². The number of nitrogens with zero attached hydrogens (tertiary/aromatic N) is 2. The van der Waals surface area contributed by atoms with Crippen LogP contribution in [0.5, 0.6) is 0 Å². The molecule has 2 N–H and O–H groups in total. The highest BCUT2D eigenvalue weighted by molar-refractivity contribution is 6.30. The van der Waals surface area contributed by atoms with Gasteiger partial charge in [0.25, 0.3) is 0 Å². The van der Waals surface area contributed by atoms with E-state index in [1.807, 2.05) is 39.0 Å². The topological polar surface area (TPSA) is 59.0 Å². The van der Waals surface area contributed by atoms with Crippen molar-refractivity contribution in [1.82, 2.24) is 15.1 Å². The summed E-state index contributed by atoms with van der Waals surface area (Å²) in [5.74, 6) is -1.54. The van der Waals surface area contributed by atoms with E-state index in [1.165, 1.54) is 0 Å². The molecule has 0 atom stereocenters. The highest BCUT2D eigenvalue weighted by Crippen LogP contribution is 2.24. The maximum absolute atomic E-state index is 13.3. The molecule has 0 saturated heterocycles. The average molecular weight is 419 g/mol. The Balaban J connectivity index is 1.80. The first-order chi connectivity index (χ1) is 13.6. The molecule has 0 saturated carbocycles. The quantitative estimate of drug-likeness (QED) is 0.594. The highest BCUT2D eigenvalue weighted by atomic mass is 35.5. The Kier molecular flexibility index (Phi) is 5.88. The van der Waals surface area contributed by atoms with Gasteiger partial charge in [0.05, 0.1) is 23.6 Å². The fourth-order valence-corrected chi connectivity index (χ4v) is 2.90. The molecule has 1 heterocycles. The zero-order chi connectivity index (χ0) is 21.2. The van der Waals surface area contributed by atoms with Crippen LogP contribution in [0.4, 0.5) is 19.3 Å². The molecule has 152 valence electrons. The van der Waals surface area contributed by atoms with Gasteiger partial charge in [-0.1, -0.05) is 38.4 Å². The van der Waals surface area contributed by atoms with Crippen molar-refractivity contribution >= 4 is 23.3 Å². The monoisotopic (exact) mass is 418 g/mol. The van der Waals surface area contributed by atoms with Crippen LogP contribution in [0.15, 0.2) is 48.5 Å². The van der Waals surface area contributed by atoms with Crippen LogP contribution in [0.1, 0.15) is 32.2 Å². The molecule has 2 amide bonds. The fourth-order valence-electron chi connectivity index (χ4n) is 2.72. The molecular weight excluding hydrogens is 398 g/mol. The third-order valence-corrected chi connectivity index (χ3v) is 4.39. The van der Waals surface area contributed by atoms with E-state index >= 15 is 0 Å². The minimum absolute atomic E-state index is 0.0266. The fraction of sp³-hybridized carbons (Fsp3) is 0.238. The third kappa shape index (κ3) is 5.32. The van der Waals surface area contributed by atoms with Gasteiger partial charge in [-0.25, -0.2) is 18.3 Å². The molecule has 2 aromatic carbocycles. The first kappa shape index (κ1) is 20.8. The maximum Gasteiger partial charge on any atom is 0.319 e. The number of carbonyl (C=O) groups excluding carboxylic acids is 1. The molecule has 3 aromatic rings. The summed E-state index contributed by atoms with van der Waals surface area (Å²) in [6.45, 7) is 6.28. The molecule has 0 bridgehead atoms. The Morgan fingerprint density at radius 1 is 1.10 bits per heavy atom. The van der Waals surface area contributed by atoms with Crippen LogP contribution >= 0.6 is 11.6 Å². The molecular formula is C21H21ClF2N4O. The largest absolute Gasteiger partial charge is 0.332 e. The van der Waals surface area contributed by atoms with Crippen LogP contribution in [-0.2, 0) is 12.0 Å². The van der Waals surface area contributed by atoms with E-state index in [-0.39, 0.29) is 17.6 Å². The lowest BCUT2D eigenvalue weighted by Crippen LogP contribution is -2.29. The van der Waals surface area contributed by atoms with Crippen molar-refractivity contribution in [2.75, 3.05) is 5.32 Å². The van der Waals surface area contributed by atoms with Gasteiger partial charge in [0.1, 0.15) is 11.6 Å². The Labute approximate surface area is 172 Å². The van der Waals surface area contributed by atoms with Crippen LogP contribution in [-0.4, -0.2) is 15.8 Å². The lowest BCUT2D eigenvalue weighted by molar-refractivity contribution is 0.251. The summed E-state index contributed by atoms with van der Waals surface area (Å²) in [5.41, 5.74) is 2.18. The van der Waals surface area contributed by atoms with E-state index in [1.54, 1.807) is 16.8 Å². The van der Waals surface area contributed by atoms with E-state index in [9.17, 15) is 13.6 Å². The number of aromatic nitrogens is 2. The SMILES string of the molecule is CC(C)(C)c1cc(CNC(=O)Nc2cc(F)cc(F)c2)n(-c2cccc(Cl)c2)n1. The summed E-state index contributed by atoms with van der Waals surface area (Å²) < 4.78 is 28.3. The van der Waals surface area contributed by atoms with E-state index in [2.05, 4.69) is 15.7 Å². The molecule has 0 unspecified atom stereocenters. The van der Waals surface area contributed by atoms with Gasteiger partial charge in [0, 0.05) is 22.2 Å². The number of benzene rings is 2. The Morgan fingerprint density at radius 3 is 2.41 bits per heavy atom. The van der Waals surface area contributed by atoms with Crippen LogP contribution in [0, 0.1) is 11.6 Å². The van der Waals surface area contributed by atoms with Gasteiger partial charge in [-0.05, 0) is 36.4 Å². The van der Waals surface area contributed by atoms with E-state index in [0.29, 0.717) is 5.02 Å². The van der Waals surface area contributed by atoms with Crippen LogP contribution in [0.25, 0.3) is 5.69 Å². The summed E-state index contributed by atoms with van der Waals surface area (Å²) in [6.07, 6.45) is 0. The number of halogens is 3. The van der Waals surface area contributed by atoms with Gasteiger partial charge in [-0.3, -0.25) is 0 Å². The zero-order valence-corrected chi connectivity index (χ0v) is 17.0. The second-order valence-electron chi connectivity index (χ2n) is 7.63. The van der Waals surface area contributed by atoms with Gasteiger partial charge in [0.2, 0.25) is 0 Å². The molecule has 0 radical (unpaired) electrons. The first-order valence-corrected chi connectivity index (χ1v) is 9.36. The number of hydrogen-bond acceptors (Lipinski definition) is 2. The van der Waals surface area contributed by atoms with Gasteiger partial charge in [-0.2, -0.15) is 5.10 Å². The second-order valence-corrected chi connectivity index (χ2v) is 8.06. The Morgan fingerprint density at radius 2 is 1.79 bits per heavy atom. The van der Waals surface area contributed by atoms with Gasteiger partial charge < -0.3 is 10.6 Å². The minimum Gasteiger partial charge on any atom is -0.332 e. The molecule has 29 heavy (non-hydrogen) atoms. The van der Waals surface area contributed by atoms with Gasteiger partial charge in [-0.15, -0.1) is 0 Å². The third-order valence-electron chi connectivity index (χ3n) is 4.15. The lowest BCUT2D eigenvalue weighted by Gasteiger charge is -2.14. The predicted molar refractivity (Wildman–Crippen MR) is 109 cm³/mol. The van der Waals surface area contributed by atoms with Crippen molar-refractivity contribution in [3.05, 3.63) is 76.6 Å². The van der Waals surface area contributed by atoms with E-state index in [4.69, 9.17) is 11.6 Å². The number of hydrogen-bond donors (Lipinski definition) is 2. The highest BCUT2D eigenvalue weighted by Gasteiger charge is 2.21. The van der Waals surface area contributed by atoms with Crippen LogP contribution < -0.4 is 10.6 Å². The standard InChI is InChI=1S/C21H21ClF2N4O/c1-21(2,3)19-11-18(28(27-19)17-6-4-5-13(22)7-17)12-25-20(29)26-16-9-14(23)8-15(24)10-16/h4-11H,12H2,1-3H3,(H2,25,26,29). The molecule has 0 fully saturated rings. The van der Waals surface area contributed by atoms with Crippen molar-refractivity contribution in [3.8, 4) is 5.69 Å². The van der Waals surface area contributed by atoms with Crippen LogP contribution in [0.3, 0.4) is 0 Å². The number of carbonyl (C=O) groups is 1. The van der Waals surface area contributed by atoms with Gasteiger partial charge in [0.15, 0.2) is 0 Å². The molecule has 0 aliphatic heterocycles. The molecule has 0 aliphatic carbocycles. The summed E-state index contributed by atoms with van der Waals surface area (Å²) >= 11 is 6.11. The maximum atomic E-state index is 13.3. The molecule has 3 rings (SSSR count). The molecule has 5 nitrogen and oxygen atoms in total. The number of urea groups is 1. The Bertz CT molecular complexity index is 1020. The molecule has 0 spiro atoms.